The highest BCUT2D eigenvalue weighted by atomic mass is 35.5. The lowest BCUT2D eigenvalue weighted by Crippen LogP contribution is -2.18. The molecule has 0 spiro atoms. The van der Waals surface area contributed by atoms with Gasteiger partial charge in [0.25, 0.3) is 0 Å². The highest BCUT2D eigenvalue weighted by Gasteiger charge is 2.27. The standard InChI is InChI=1S/C28H32Cl2O2/c1-5-21(27(17-19(3)31)23-9-13-25(29)14-10-23)7-8-22(6-2)28(18-20(4)32)24-11-15-26(30)16-12-24/h5-6,9-16,21-22,27-28H,1-2,7-8,17-18H2,3-4H3/t21-,22+,27-,28+. The molecule has 0 radical (unpaired) electrons. The Kier molecular flexibility index (Phi) is 10.4. The van der Waals surface area contributed by atoms with Crippen LogP contribution >= 0.6 is 23.2 Å². The molecular formula is C28H32Cl2O2. The fourth-order valence-electron chi connectivity index (χ4n) is 4.42. The van der Waals surface area contributed by atoms with Gasteiger partial charge >= 0.3 is 0 Å². The minimum Gasteiger partial charge on any atom is -0.300 e. The lowest BCUT2D eigenvalue weighted by atomic mass is 9.75. The lowest BCUT2D eigenvalue weighted by Gasteiger charge is -2.29. The summed E-state index contributed by atoms with van der Waals surface area (Å²) in [5.74, 6) is 0.598. The maximum Gasteiger partial charge on any atom is 0.130 e. The average Bonchev–Trinajstić information content (AvgIpc) is 2.75. The molecule has 2 aromatic carbocycles. The third-order valence-electron chi connectivity index (χ3n) is 6.08. The molecule has 0 aromatic heterocycles. The van der Waals surface area contributed by atoms with Gasteiger partial charge in [-0.05, 0) is 85.8 Å². The Balaban J connectivity index is 2.25. The number of Topliss-reactive ketones (excluding diaryl/α,β-unsaturated/α-hetero) is 2. The normalized spacial score (nSPS) is 14.8. The number of carbonyl (C=O) groups is 2. The molecule has 0 bridgehead atoms. The van der Waals surface area contributed by atoms with Crippen molar-refractivity contribution in [3.05, 3.63) is 95.0 Å². The Hall–Kier alpha value is -2.16. The second kappa shape index (κ2) is 12.8. The summed E-state index contributed by atoms with van der Waals surface area (Å²) in [6.07, 6.45) is 6.47. The zero-order valence-corrected chi connectivity index (χ0v) is 20.4. The van der Waals surface area contributed by atoms with Gasteiger partial charge in [-0.3, -0.25) is 0 Å². The van der Waals surface area contributed by atoms with E-state index in [1.54, 1.807) is 13.8 Å². The SMILES string of the molecule is C=C[C@H](CC[C@H](C=C)[C@H](CC(C)=O)c1ccc(Cl)cc1)[C@@H](CC(C)=O)c1ccc(Cl)cc1. The zero-order chi connectivity index (χ0) is 23.7. The molecule has 0 saturated heterocycles. The number of rotatable bonds is 13. The molecule has 170 valence electrons. The Bertz CT molecular complexity index is 838. The monoisotopic (exact) mass is 470 g/mol. The van der Waals surface area contributed by atoms with Gasteiger partial charge < -0.3 is 9.59 Å². The molecule has 0 fully saturated rings. The fourth-order valence-corrected chi connectivity index (χ4v) is 4.68. The van der Waals surface area contributed by atoms with Crippen LogP contribution in [0.5, 0.6) is 0 Å². The molecule has 0 aliphatic carbocycles. The van der Waals surface area contributed by atoms with Crippen LogP contribution in [0.3, 0.4) is 0 Å². The molecule has 0 N–H and O–H groups in total. The Morgan fingerprint density at radius 1 is 0.719 bits per heavy atom. The molecule has 2 nitrogen and oxygen atoms in total. The van der Waals surface area contributed by atoms with Gasteiger partial charge in [-0.2, -0.15) is 0 Å². The molecule has 32 heavy (non-hydrogen) atoms. The van der Waals surface area contributed by atoms with Gasteiger partial charge in [0.15, 0.2) is 0 Å². The van der Waals surface area contributed by atoms with E-state index in [0.29, 0.717) is 22.9 Å². The minimum absolute atomic E-state index is 0.0366. The van der Waals surface area contributed by atoms with Crippen molar-refractivity contribution in [3.8, 4) is 0 Å². The summed E-state index contributed by atoms with van der Waals surface area (Å²) in [6, 6.07) is 15.4. The third kappa shape index (κ3) is 7.76. The number of halogens is 2. The third-order valence-corrected chi connectivity index (χ3v) is 6.59. The summed E-state index contributed by atoms with van der Waals surface area (Å²) in [7, 11) is 0. The van der Waals surface area contributed by atoms with Gasteiger partial charge in [0.1, 0.15) is 11.6 Å². The van der Waals surface area contributed by atoms with E-state index in [9.17, 15) is 9.59 Å². The largest absolute Gasteiger partial charge is 0.300 e. The second-order valence-electron chi connectivity index (χ2n) is 8.50. The summed E-state index contributed by atoms with van der Waals surface area (Å²) >= 11 is 12.1. The van der Waals surface area contributed by atoms with Gasteiger partial charge in [-0.25, -0.2) is 0 Å². The van der Waals surface area contributed by atoms with E-state index in [1.807, 2.05) is 60.7 Å². The fraction of sp³-hybridized carbons (Fsp3) is 0.357. The summed E-state index contributed by atoms with van der Waals surface area (Å²) in [6.45, 7) is 11.4. The second-order valence-corrected chi connectivity index (χ2v) is 9.38. The molecule has 0 aliphatic rings. The molecule has 2 aromatic rings. The van der Waals surface area contributed by atoms with Crippen molar-refractivity contribution in [3.63, 3.8) is 0 Å². The van der Waals surface area contributed by atoms with Crippen LogP contribution in [0.25, 0.3) is 0 Å². The molecule has 0 aliphatic heterocycles. The van der Waals surface area contributed by atoms with Crippen molar-refractivity contribution < 1.29 is 9.59 Å². The molecule has 0 amide bonds. The highest BCUT2D eigenvalue weighted by molar-refractivity contribution is 6.30. The average molecular weight is 471 g/mol. The number of carbonyl (C=O) groups excluding carboxylic acids is 2. The van der Waals surface area contributed by atoms with Crippen molar-refractivity contribution in [1.29, 1.82) is 0 Å². The number of hydrogen-bond acceptors (Lipinski definition) is 2. The van der Waals surface area contributed by atoms with Crippen LogP contribution in [-0.2, 0) is 9.59 Å². The number of allylic oxidation sites excluding steroid dienone is 2. The van der Waals surface area contributed by atoms with Crippen molar-refractivity contribution in [2.75, 3.05) is 0 Å². The molecular weight excluding hydrogens is 439 g/mol. The summed E-state index contributed by atoms with van der Waals surface area (Å²) < 4.78 is 0. The number of benzene rings is 2. The van der Waals surface area contributed by atoms with E-state index >= 15 is 0 Å². The number of ketones is 2. The van der Waals surface area contributed by atoms with E-state index in [-0.39, 0.29) is 35.2 Å². The maximum atomic E-state index is 12.0. The van der Waals surface area contributed by atoms with Gasteiger partial charge in [-0.15, -0.1) is 13.2 Å². The van der Waals surface area contributed by atoms with Crippen LogP contribution < -0.4 is 0 Å². The first-order valence-electron chi connectivity index (χ1n) is 11.0. The molecule has 0 saturated carbocycles. The molecule has 4 heteroatoms. The predicted octanol–water partition coefficient (Wildman–Crippen LogP) is 8.20. The summed E-state index contributed by atoms with van der Waals surface area (Å²) in [5, 5.41) is 1.35. The van der Waals surface area contributed by atoms with Crippen molar-refractivity contribution in [2.24, 2.45) is 11.8 Å². The molecule has 0 unspecified atom stereocenters. The Morgan fingerprint density at radius 2 is 1.03 bits per heavy atom. The van der Waals surface area contributed by atoms with Crippen LogP contribution in [-0.4, -0.2) is 11.6 Å². The smallest absolute Gasteiger partial charge is 0.130 e. The van der Waals surface area contributed by atoms with Crippen molar-refractivity contribution in [2.45, 2.75) is 51.4 Å². The quantitative estimate of drug-likeness (QED) is 0.276. The van der Waals surface area contributed by atoms with Crippen molar-refractivity contribution in [1.82, 2.24) is 0 Å². The van der Waals surface area contributed by atoms with Crippen LogP contribution in [0.1, 0.15) is 62.5 Å². The number of hydrogen-bond donors (Lipinski definition) is 0. The molecule has 0 heterocycles. The van der Waals surface area contributed by atoms with E-state index in [1.165, 1.54) is 0 Å². The topological polar surface area (TPSA) is 34.1 Å². The van der Waals surface area contributed by atoms with Gasteiger partial charge in [0.05, 0.1) is 0 Å². The minimum atomic E-state index is 0.0366. The predicted molar refractivity (Wildman–Crippen MR) is 136 cm³/mol. The first-order chi connectivity index (χ1) is 15.2. The van der Waals surface area contributed by atoms with E-state index in [0.717, 1.165) is 24.0 Å². The lowest BCUT2D eigenvalue weighted by molar-refractivity contribution is -0.118. The van der Waals surface area contributed by atoms with Crippen LogP contribution in [0.2, 0.25) is 10.0 Å². The first-order valence-corrected chi connectivity index (χ1v) is 11.8. The highest BCUT2D eigenvalue weighted by Crippen LogP contribution is 2.38. The summed E-state index contributed by atoms with van der Waals surface area (Å²) in [5.41, 5.74) is 2.17. The first kappa shape index (κ1) is 26.1. The Labute approximate surface area is 202 Å². The van der Waals surface area contributed by atoms with Gasteiger partial charge in [0.2, 0.25) is 0 Å². The van der Waals surface area contributed by atoms with E-state index < -0.39 is 0 Å². The van der Waals surface area contributed by atoms with E-state index in [4.69, 9.17) is 23.2 Å². The summed E-state index contributed by atoms with van der Waals surface area (Å²) in [4.78, 5) is 24.1. The Morgan fingerprint density at radius 3 is 1.28 bits per heavy atom. The van der Waals surface area contributed by atoms with Gasteiger partial charge in [-0.1, -0.05) is 59.6 Å². The van der Waals surface area contributed by atoms with Crippen LogP contribution in [0.15, 0.2) is 73.8 Å². The maximum absolute atomic E-state index is 12.0. The zero-order valence-electron chi connectivity index (χ0n) is 18.9. The van der Waals surface area contributed by atoms with Crippen LogP contribution in [0, 0.1) is 11.8 Å². The van der Waals surface area contributed by atoms with Gasteiger partial charge in [0, 0.05) is 22.9 Å². The molecule has 2 rings (SSSR count). The van der Waals surface area contributed by atoms with E-state index in [2.05, 4.69) is 13.2 Å². The molecule has 4 atom stereocenters. The van der Waals surface area contributed by atoms with Crippen molar-refractivity contribution >= 4 is 34.8 Å². The van der Waals surface area contributed by atoms with Crippen LogP contribution in [0.4, 0.5) is 0 Å².